The van der Waals surface area contributed by atoms with E-state index < -0.39 is 5.41 Å². The lowest BCUT2D eigenvalue weighted by molar-refractivity contribution is -0.126. The number of hydrogen-bond donors (Lipinski definition) is 1. The van der Waals surface area contributed by atoms with Crippen LogP contribution in [0.5, 0.6) is 0 Å². The van der Waals surface area contributed by atoms with Crippen LogP contribution >= 0.6 is 15.9 Å². The normalized spacial score (nSPS) is 21.7. The molecule has 2 rings (SSSR count). The van der Waals surface area contributed by atoms with Crippen LogP contribution in [0.4, 0.5) is 5.69 Å². The summed E-state index contributed by atoms with van der Waals surface area (Å²) >= 11 is 3.61. The third-order valence-electron chi connectivity index (χ3n) is 3.86. The monoisotopic (exact) mass is 338 g/mol. The first-order valence-electron chi connectivity index (χ1n) is 6.97. The molecule has 4 heteroatoms. The molecule has 0 bridgehead atoms. The Morgan fingerprint density at radius 3 is 2.45 bits per heavy atom. The van der Waals surface area contributed by atoms with Gasteiger partial charge in [-0.2, -0.15) is 0 Å². The lowest BCUT2D eigenvalue weighted by atomic mass is 9.90. The van der Waals surface area contributed by atoms with Crippen molar-refractivity contribution in [3.05, 3.63) is 28.2 Å². The average molecular weight is 339 g/mol. The lowest BCUT2D eigenvalue weighted by Gasteiger charge is -2.39. The predicted molar refractivity (Wildman–Crippen MR) is 87.1 cm³/mol. The highest BCUT2D eigenvalue weighted by molar-refractivity contribution is 9.10. The lowest BCUT2D eigenvalue weighted by Crippen LogP contribution is -2.53. The van der Waals surface area contributed by atoms with Gasteiger partial charge in [0.25, 0.3) is 0 Å². The molecular weight excluding hydrogens is 316 g/mol. The molecular formula is C16H23BrN2O. The maximum Gasteiger partial charge on any atom is 0.234 e. The summed E-state index contributed by atoms with van der Waals surface area (Å²) < 4.78 is 0.969. The third-order valence-corrected chi connectivity index (χ3v) is 4.49. The Balaban J connectivity index is 2.56. The van der Waals surface area contributed by atoms with Gasteiger partial charge in [-0.1, -0.05) is 6.07 Å². The zero-order valence-electron chi connectivity index (χ0n) is 12.9. The fraction of sp³-hybridized carbons (Fsp3) is 0.562. The summed E-state index contributed by atoms with van der Waals surface area (Å²) in [4.78, 5) is 14.9. The molecule has 1 amide bonds. The zero-order valence-corrected chi connectivity index (χ0v) is 14.5. The van der Waals surface area contributed by atoms with Gasteiger partial charge in [0.15, 0.2) is 0 Å². The number of aryl methyl sites for hydroxylation is 1. The number of nitrogens with zero attached hydrogens (tertiary/aromatic N) is 1. The second-order valence-corrected chi connectivity index (χ2v) is 7.75. The van der Waals surface area contributed by atoms with Gasteiger partial charge in [0, 0.05) is 17.6 Å². The summed E-state index contributed by atoms with van der Waals surface area (Å²) in [7, 11) is 0. The van der Waals surface area contributed by atoms with Crippen molar-refractivity contribution >= 4 is 27.5 Å². The molecule has 1 heterocycles. The highest BCUT2D eigenvalue weighted by Gasteiger charge is 2.43. The topological polar surface area (TPSA) is 32.3 Å². The molecule has 1 saturated heterocycles. The Morgan fingerprint density at radius 1 is 1.20 bits per heavy atom. The second-order valence-electron chi connectivity index (χ2n) is 6.90. The van der Waals surface area contributed by atoms with Crippen molar-refractivity contribution in [2.75, 3.05) is 18.0 Å². The van der Waals surface area contributed by atoms with Crippen molar-refractivity contribution < 1.29 is 4.79 Å². The van der Waals surface area contributed by atoms with Crippen LogP contribution in [-0.4, -0.2) is 24.5 Å². The fourth-order valence-corrected chi connectivity index (χ4v) is 3.31. The minimum absolute atomic E-state index is 0.164. The van der Waals surface area contributed by atoms with Crippen LogP contribution in [0.15, 0.2) is 22.7 Å². The standard InChI is InChI=1S/C16H23BrN2O/c1-11-6-7-13(12(17)8-11)19-14(20)15(2,3)9-18-10-16(19,4)5/h6-8,18H,9-10H2,1-5H3. The molecule has 0 spiro atoms. The Hall–Kier alpha value is -0.870. The van der Waals surface area contributed by atoms with Crippen LogP contribution in [-0.2, 0) is 4.79 Å². The SMILES string of the molecule is Cc1ccc(N2C(=O)C(C)(C)CNCC2(C)C)c(Br)c1. The summed E-state index contributed by atoms with van der Waals surface area (Å²) in [5.41, 5.74) is 1.46. The smallest absolute Gasteiger partial charge is 0.234 e. The van der Waals surface area contributed by atoms with Crippen molar-refractivity contribution in [1.82, 2.24) is 5.32 Å². The molecule has 3 nitrogen and oxygen atoms in total. The van der Waals surface area contributed by atoms with Crippen LogP contribution in [0.25, 0.3) is 0 Å². The first kappa shape index (κ1) is 15.5. The third kappa shape index (κ3) is 2.77. The molecule has 1 N–H and O–H groups in total. The van der Waals surface area contributed by atoms with Crippen molar-refractivity contribution in [1.29, 1.82) is 0 Å². The minimum Gasteiger partial charge on any atom is -0.313 e. The van der Waals surface area contributed by atoms with Crippen LogP contribution in [0.3, 0.4) is 0 Å². The molecule has 20 heavy (non-hydrogen) atoms. The molecule has 0 aliphatic carbocycles. The maximum atomic E-state index is 13.0. The quantitative estimate of drug-likeness (QED) is 0.849. The summed E-state index contributed by atoms with van der Waals surface area (Å²) in [6, 6.07) is 6.14. The van der Waals surface area contributed by atoms with Crippen LogP contribution in [0.2, 0.25) is 0 Å². The van der Waals surface area contributed by atoms with Crippen molar-refractivity contribution in [2.45, 2.75) is 40.2 Å². The molecule has 0 saturated carbocycles. The fourth-order valence-electron chi connectivity index (χ4n) is 2.64. The molecule has 110 valence electrons. The van der Waals surface area contributed by atoms with Gasteiger partial charge in [-0.15, -0.1) is 0 Å². The summed E-state index contributed by atoms with van der Waals surface area (Å²) in [5.74, 6) is 0.164. The van der Waals surface area contributed by atoms with E-state index in [9.17, 15) is 4.79 Å². The molecule has 0 radical (unpaired) electrons. The first-order chi connectivity index (χ1) is 9.15. The number of halogens is 1. The van der Waals surface area contributed by atoms with Gasteiger partial charge < -0.3 is 10.2 Å². The molecule has 1 aliphatic heterocycles. The van der Waals surface area contributed by atoms with Gasteiger partial charge in [0.1, 0.15) is 0 Å². The Labute approximate surface area is 129 Å². The van der Waals surface area contributed by atoms with Gasteiger partial charge in [-0.3, -0.25) is 4.79 Å². The van der Waals surface area contributed by atoms with E-state index in [0.29, 0.717) is 6.54 Å². The molecule has 1 aromatic carbocycles. The maximum absolute atomic E-state index is 13.0. The highest BCUT2D eigenvalue weighted by atomic mass is 79.9. The summed E-state index contributed by atoms with van der Waals surface area (Å²) in [5, 5.41) is 3.41. The van der Waals surface area contributed by atoms with Crippen LogP contribution < -0.4 is 10.2 Å². The number of nitrogens with one attached hydrogen (secondary N) is 1. The molecule has 0 aromatic heterocycles. The highest BCUT2D eigenvalue weighted by Crippen LogP contribution is 2.36. The number of carbonyl (C=O) groups excluding carboxylic acids is 1. The van der Waals surface area contributed by atoms with E-state index in [1.54, 1.807) is 0 Å². The average Bonchev–Trinajstić information content (AvgIpc) is 2.37. The Kier molecular flexibility index (Phi) is 4.00. The van der Waals surface area contributed by atoms with Crippen LogP contribution in [0, 0.1) is 12.3 Å². The number of carbonyl (C=O) groups is 1. The van der Waals surface area contributed by atoms with E-state index >= 15 is 0 Å². The van der Waals surface area contributed by atoms with Gasteiger partial charge >= 0.3 is 0 Å². The van der Waals surface area contributed by atoms with Gasteiger partial charge in [-0.25, -0.2) is 0 Å². The largest absolute Gasteiger partial charge is 0.313 e. The van der Waals surface area contributed by atoms with E-state index in [1.807, 2.05) is 24.8 Å². The molecule has 0 atom stereocenters. The van der Waals surface area contributed by atoms with Crippen LogP contribution in [0.1, 0.15) is 33.3 Å². The van der Waals surface area contributed by atoms with Gasteiger partial charge in [0.2, 0.25) is 5.91 Å². The molecule has 0 unspecified atom stereocenters. The first-order valence-corrected chi connectivity index (χ1v) is 7.76. The molecule has 1 aliphatic rings. The molecule has 1 aromatic rings. The van der Waals surface area contributed by atoms with Gasteiger partial charge in [-0.05, 0) is 68.2 Å². The minimum atomic E-state index is -0.405. The van der Waals surface area contributed by atoms with Crippen molar-refractivity contribution in [2.24, 2.45) is 5.41 Å². The second kappa shape index (κ2) is 5.15. The number of hydrogen-bond acceptors (Lipinski definition) is 2. The predicted octanol–water partition coefficient (Wildman–Crippen LogP) is 3.50. The summed E-state index contributed by atoms with van der Waals surface area (Å²) in [6.07, 6.45) is 0. The van der Waals surface area contributed by atoms with E-state index in [1.165, 1.54) is 5.56 Å². The van der Waals surface area contributed by atoms with E-state index in [-0.39, 0.29) is 11.4 Å². The Bertz CT molecular complexity index is 537. The number of anilines is 1. The van der Waals surface area contributed by atoms with E-state index in [4.69, 9.17) is 0 Å². The van der Waals surface area contributed by atoms with Crippen molar-refractivity contribution in [3.8, 4) is 0 Å². The van der Waals surface area contributed by atoms with Gasteiger partial charge in [0.05, 0.1) is 16.6 Å². The van der Waals surface area contributed by atoms with E-state index in [2.05, 4.69) is 54.2 Å². The summed E-state index contributed by atoms with van der Waals surface area (Å²) in [6.45, 7) is 11.7. The number of rotatable bonds is 1. The van der Waals surface area contributed by atoms with Crippen molar-refractivity contribution in [3.63, 3.8) is 0 Å². The number of amides is 1. The zero-order chi connectivity index (χ0) is 15.1. The Morgan fingerprint density at radius 2 is 1.85 bits per heavy atom. The molecule has 1 fully saturated rings. The van der Waals surface area contributed by atoms with E-state index in [0.717, 1.165) is 16.7 Å². The number of benzene rings is 1.